The minimum atomic E-state index is -0.524. The zero-order valence-electron chi connectivity index (χ0n) is 10.9. The Hall–Kier alpha value is -2.27. The van der Waals surface area contributed by atoms with Gasteiger partial charge >= 0.3 is 0 Å². The van der Waals surface area contributed by atoms with E-state index in [0.29, 0.717) is 28.6 Å². The number of hydrogen-bond donors (Lipinski definition) is 2. The van der Waals surface area contributed by atoms with E-state index >= 15 is 0 Å². The fourth-order valence-electron chi connectivity index (χ4n) is 1.80. The van der Waals surface area contributed by atoms with Crippen LogP contribution in [0.3, 0.4) is 0 Å². The molecule has 0 aliphatic carbocycles. The Morgan fingerprint density at radius 3 is 2.95 bits per heavy atom. The third-order valence-electron chi connectivity index (χ3n) is 2.80. The third kappa shape index (κ3) is 3.19. The van der Waals surface area contributed by atoms with Crippen LogP contribution in [0.15, 0.2) is 36.7 Å². The molecule has 20 heavy (non-hydrogen) atoms. The average Bonchev–Trinajstić information content (AvgIpc) is 2.46. The molecular formula is C14H14ClN3O2. The average molecular weight is 292 g/mol. The van der Waals surface area contributed by atoms with E-state index in [1.54, 1.807) is 31.5 Å². The molecule has 1 heterocycles. The second-order valence-electron chi connectivity index (χ2n) is 4.10. The summed E-state index contributed by atoms with van der Waals surface area (Å²) in [5.41, 5.74) is 7.20. The van der Waals surface area contributed by atoms with Gasteiger partial charge in [-0.05, 0) is 18.2 Å². The van der Waals surface area contributed by atoms with Gasteiger partial charge in [0.2, 0.25) is 0 Å². The monoisotopic (exact) mass is 291 g/mol. The largest absolute Gasteiger partial charge is 0.496 e. The predicted octanol–water partition coefficient (Wildman–Crippen LogP) is 2.45. The maximum Gasteiger partial charge on any atom is 0.252 e. The number of nitrogens with one attached hydrogen (secondary N) is 1. The van der Waals surface area contributed by atoms with Gasteiger partial charge in [-0.2, -0.15) is 0 Å². The fraction of sp³-hybridized carbons (Fsp3) is 0.143. The summed E-state index contributed by atoms with van der Waals surface area (Å²) < 4.78 is 5.26. The lowest BCUT2D eigenvalue weighted by atomic mass is 10.1. The van der Waals surface area contributed by atoms with Crippen LogP contribution in [-0.4, -0.2) is 18.0 Å². The highest BCUT2D eigenvalue weighted by Gasteiger charge is 2.09. The minimum absolute atomic E-state index is 0.348. The number of nitrogens with zero attached hydrogens (tertiary/aromatic N) is 1. The first-order chi connectivity index (χ1) is 9.61. The number of carbonyl (C=O) groups excluding carboxylic acids is 1. The van der Waals surface area contributed by atoms with E-state index in [1.165, 1.54) is 6.20 Å². The molecule has 3 N–H and O–H groups in total. The van der Waals surface area contributed by atoms with Gasteiger partial charge in [0.1, 0.15) is 5.75 Å². The molecule has 0 aliphatic heterocycles. The van der Waals surface area contributed by atoms with Gasteiger partial charge in [0.05, 0.1) is 18.4 Å². The van der Waals surface area contributed by atoms with Crippen molar-refractivity contribution in [1.82, 2.24) is 4.98 Å². The zero-order valence-corrected chi connectivity index (χ0v) is 11.6. The van der Waals surface area contributed by atoms with Crippen molar-refractivity contribution in [2.24, 2.45) is 5.73 Å². The molecule has 104 valence electrons. The van der Waals surface area contributed by atoms with Gasteiger partial charge in [-0.15, -0.1) is 0 Å². The number of hydrogen-bond acceptors (Lipinski definition) is 4. The van der Waals surface area contributed by atoms with E-state index in [0.717, 1.165) is 5.56 Å². The maximum absolute atomic E-state index is 11.3. The SMILES string of the molecule is COc1cc(Cl)ccc1CNc1ccncc1C(N)=O. The third-order valence-corrected chi connectivity index (χ3v) is 3.04. The number of halogens is 1. The minimum Gasteiger partial charge on any atom is -0.496 e. The van der Waals surface area contributed by atoms with Gasteiger partial charge in [0.15, 0.2) is 0 Å². The molecule has 0 saturated carbocycles. The molecule has 0 spiro atoms. The van der Waals surface area contributed by atoms with Crippen LogP contribution in [0.1, 0.15) is 15.9 Å². The van der Waals surface area contributed by atoms with Crippen LogP contribution in [0.5, 0.6) is 5.75 Å². The molecule has 6 heteroatoms. The zero-order chi connectivity index (χ0) is 14.5. The summed E-state index contributed by atoms with van der Waals surface area (Å²) in [7, 11) is 1.58. The quantitative estimate of drug-likeness (QED) is 0.887. The summed E-state index contributed by atoms with van der Waals surface area (Å²) in [6.07, 6.45) is 3.03. The number of ether oxygens (including phenoxy) is 1. The summed E-state index contributed by atoms with van der Waals surface area (Å²) in [6.45, 7) is 0.477. The predicted molar refractivity (Wildman–Crippen MR) is 78.1 cm³/mol. The van der Waals surface area contributed by atoms with Crippen molar-refractivity contribution in [2.75, 3.05) is 12.4 Å². The van der Waals surface area contributed by atoms with Gasteiger partial charge in [0, 0.05) is 29.5 Å². The topological polar surface area (TPSA) is 77.2 Å². The van der Waals surface area contributed by atoms with Crippen LogP contribution in [0, 0.1) is 0 Å². The molecule has 0 fully saturated rings. The van der Waals surface area contributed by atoms with Crippen LogP contribution in [-0.2, 0) is 6.54 Å². The number of primary amides is 1. The molecule has 1 aromatic heterocycles. The van der Waals surface area contributed by atoms with Crippen molar-refractivity contribution in [3.05, 3.63) is 52.8 Å². The summed E-state index contributed by atoms with van der Waals surface area (Å²) in [5.74, 6) is 0.156. The molecule has 1 amide bonds. The lowest BCUT2D eigenvalue weighted by molar-refractivity contribution is 0.100. The molecular weight excluding hydrogens is 278 g/mol. The van der Waals surface area contributed by atoms with Gasteiger partial charge in [0.25, 0.3) is 5.91 Å². The van der Waals surface area contributed by atoms with Crippen LogP contribution >= 0.6 is 11.6 Å². The highest BCUT2D eigenvalue weighted by Crippen LogP contribution is 2.24. The van der Waals surface area contributed by atoms with E-state index in [9.17, 15) is 4.79 Å². The highest BCUT2D eigenvalue weighted by molar-refractivity contribution is 6.30. The molecule has 0 atom stereocenters. The summed E-state index contributed by atoms with van der Waals surface area (Å²) in [5, 5.41) is 3.75. The molecule has 0 unspecified atom stereocenters. The molecule has 0 radical (unpaired) electrons. The molecule has 0 saturated heterocycles. The van der Waals surface area contributed by atoms with E-state index in [4.69, 9.17) is 22.1 Å². The fourth-order valence-corrected chi connectivity index (χ4v) is 1.96. The molecule has 5 nitrogen and oxygen atoms in total. The Labute approximate surface area is 121 Å². The number of methoxy groups -OCH3 is 1. The van der Waals surface area contributed by atoms with Crippen molar-refractivity contribution < 1.29 is 9.53 Å². The van der Waals surface area contributed by atoms with Crippen LogP contribution in [0.25, 0.3) is 0 Å². The first-order valence-corrected chi connectivity index (χ1v) is 6.29. The second kappa shape index (κ2) is 6.25. The Morgan fingerprint density at radius 2 is 2.25 bits per heavy atom. The first kappa shape index (κ1) is 14.1. The second-order valence-corrected chi connectivity index (χ2v) is 4.53. The van der Waals surface area contributed by atoms with Crippen molar-refractivity contribution in [3.8, 4) is 5.75 Å². The Kier molecular flexibility index (Phi) is 4.42. The Morgan fingerprint density at radius 1 is 1.45 bits per heavy atom. The van der Waals surface area contributed by atoms with Gasteiger partial charge in [-0.3, -0.25) is 9.78 Å². The number of amides is 1. The summed E-state index contributed by atoms with van der Waals surface area (Å²) >= 11 is 5.91. The van der Waals surface area contributed by atoms with Crippen LogP contribution in [0.4, 0.5) is 5.69 Å². The van der Waals surface area contributed by atoms with Gasteiger partial charge < -0.3 is 15.8 Å². The van der Waals surface area contributed by atoms with E-state index < -0.39 is 5.91 Å². The molecule has 0 aliphatic rings. The van der Waals surface area contributed by atoms with Gasteiger partial charge in [-0.1, -0.05) is 17.7 Å². The van der Waals surface area contributed by atoms with Crippen molar-refractivity contribution in [2.45, 2.75) is 6.54 Å². The Balaban J connectivity index is 2.19. The first-order valence-electron chi connectivity index (χ1n) is 5.92. The number of anilines is 1. The smallest absolute Gasteiger partial charge is 0.252 e. The van der Waals surface area contributed by atoms with Crippen LogP contribution in [0.2, 0.25) is 5.02 Å². The van der Waals surface area contributed by atoms with Crippen LogP contribution < -0.4 is 15.8 Å². The summed E-state index contributed by atoms with van der Waals surface area (Å²) in [6, 6.07) is 7.07. The normalized spacial score (nSPS) is 10.1. The number of rotatable bonds is 5. The number of aromatic nitrogens is 1. The maximum atomic E-state index is 11.3. The number of carbonyl (C=O) groups is 1. The molecule has 2 rings (SSSR count). The van der Waals surface area contributed by atoms with Crippen molar-refractivity contribution >= 4 is 23.2 Å². The Bertz CT molecular complexity index is 632. The van der Waals surface area contributed by atoms with Crippen molar-refractivity contribution in [1.29, 1.82) is 0 Å². The standard InChI is InChI=1S/C14H14ClN3O2/c1-20-13-6-10(15)3-2-9(13)7-18-12-4-5-17-8-11(12)14(16)19/h2-6,8H,7H2,1H3,(H2,16,19)(H,17,18). The van der Waals surface area contributed by atoms with Gasteiger partial charge in [-0.25, -0.2) is 0 Å². The van der Waals surface area contributed by atoms with E-state index in [-0.39, 0.29) is 0 Å². The number of nitrogens with two attached hydrogens (primary N) is 1. The number of benzene rings is 1. The number of pyridine rings is 1. The molecule has 0 bridgehead atoms. The van der Waals surface area contributed by atoms with E-state index in [1.807, 2.05) is 6.07 Å². The highest BCUT2D eigenvalue weighted by atomic mass is 35.5. The lowest BCUT2D eigenvalue weighted by Crippen LogP contribution is -2.14. The molecule has 1 aromatic carbocycles. The molecule has 2 aromatic rings. The lowest BCUT2D eigenvalue weighted by Gasteiger charge is -2.12. The van der Waals surface area contributed by atoms with E-state index in [2.05, 4.69) is 10.3 Å². The van der Waals surface area contributed by atoms with Crippen molar-refractivity contribution in [3.63, 3.8) is 0 Å². The summed E-state index contributed by atoms with van der Waals surface area (Å²) in [4.78, 5) is 15.2.